The molecule has 1 aromatic carbocycles. The molecule has 20 heavy (non-hydrogen) atoms. The summed E-state index contributed by atoms with van der Waals surface area (Å²) in [5.74, 6) is 5.74. The van der Waals surface area contributed by atoms with Crippen molar-refractivity contribution >= 4 is 39.1 Å². The lowest BCUT2D eigenvalue weighted by Gasteiger charge is -2.20. The summed E-state index contributed by atoms with van der Waals surface area (Å²) >= 11 is 15.9. The van der Waals surface area contributed by atoms with E-state index in [9.17, 15) is 0 Å². The Morgan fingerprint density at radius 3 is 2.85 bits per heavy atom. The van der Waals surface area contributed by atoms with Crippen molar-refractivity contribution in [3.8, 4) is 0 Å². The molecule has 0 aliphatic rings. The summed E-state index contributed by atoms with van der Waals surface area (Å²) in [6.07, 6.45) is 2.73. The fraction of sp³-hybridized carbons (Fsp3) is 0.308. The van der Waals surface area contributed by atoms with Crippen molar-refractivity contribution in [2.45, 2.75) is 25.9 Å². The molecule has 1 heterocycles. The Bertz CT molecular complexity index is 600. The molecule has 4 nitrogen and oxygen atoms in total. The number of nitrogens with zero attached hydrogens (tertiary/aromatic N) is 2. The molecule has 1 aromatic heterocycles. The van der Waals surface area contributed by atoms with Crippen LogP contribution in [0.3, 0.4) is 0 Å². The van der Waals surface area contributed by atoms with Gasteiger partial charge in [0.05, 0.1) is 32.5 Å². The molecule has 7 heteroatoms. The van der Waals surface area contributed by atoms with Gasteiger partial charge >= 0.3 is 0 Å². The summed E-state index contributed by atoms with van der Waals surface area (Å²) in [6, 6.07) is 5.21. The molecule has 0 amide bonds. The van der Waals surface area contributed by atoms with Crippen LogP contribution < -0.4 is 11.3 Å². The number of aryl methyl sites for hydroxylation is 1. The van der Waals surface area contributed by atoms with Crippen molar-refractivity contribution in [2.75, 3.05) is 0 Å². The van der Waals surface area contributed by atoms with Crippen LogP contribution in [0.2, 0.25) is 10.0 Å². The molecular weight excluding hydrogens is 363 g/mol. The molecule has 0 saturated heterocycles. The number of rotatable bonds is 5. The minimum atomic E-state index is -0.287. The Morgan fingerprint density at radius 1 is 1.45 bits per heavy atom. The van der Waals surface area contributed by atoms with E-state index in [0.717, 1.165) is 28.7 Å². The van der Waals surface area contributed by atoms with Gasteiger partial charge in [0.25, 0.3) is 0 Å². The highest BCUT2D eigenvalue weighted by atomic mass is 79.9. The van der Waals surface area contributed by atoms with Gasteiger partial charge in [-0.15, -0.1) is 0 Å². The average molecular weight is 378 g/mol. The van der Waals surface area contributed by atoms with E-state index < -0.39 is 0 Å². The van der Waals surface area contributed by atoms with Crippen LogP contribution in [0.4, 0.5) is 0 Å². The molecule has 0 saturated carbocycles. The van der Waals surface area contributed by atoms with E-state index in [1.165, 1.54) is 0 Å². The van der Waals surface area contributed by atoms with Crippen LogP contribution in [-0.2, 0) is 6.54 Å². The van der Waals surface area contributed by atoms with Crippen LogP contribution in [0.15, 0.2) is 28.9 Å². The zero-order chi connectivity index (χ0) is 14.7. The second-order valence-electron chi connectivity index (χ2n) is 4.34. The van der Waals surface area contributed by atoms with Crippen LogP contribution in [0, 0.1) is 0 Å². The van der Waals surface area contributed by atoms with Crippen molar-refractivity contribution < 1.29 is 0 Å². The number of hydrazine groups is 1. The van der Waals surface area contributed by atoms with Crippen LogP contribution in [-0.4, -0.2) is 9.78 Å². The van der Waals surface area contributed by atoms with Crippen molar-refractivity contribution in [1.82, 2.24) is 15.2 Å². The molecule has 0 spiro atoms. The fourth-order valence-electron chi connectivity index (χ4n) is 2.11. The largest absolute Gasteiger partial charge is 0.271 e. The van der Waals surface area contributed by atoms with Crippen molar-refractivity contribution in [3.63, 3.8) is 0 Å². The molecule has 108 valence electrons. The minimum absolute atomic E-state index is 0.287. The average Bonchev–Trinajstić information content (AvgIpc) is 2.78. The standard InChI is InChI=1S/C13H15BrCl2N4/c1-2-6-20-13(9(14)7-18-20)12(19-17)8-4-3-5-10(15)11(8)16/h3-5,7,12,19H,2,6,17H2,1H3. The summed E-state index contributed by atoms with van der Waals surface area (Å²) in [6.45, 7) is 2.90. The third kappa shape index (κ3) is 3.02. The Hall–Kier alpha value is -0.590. The molecular formula is C13H15BrCl2N4. The fourth-order valence-corrected chi connectivity index (χ4v) is 3.05. The van der Waals surface area contributed by atoms with Crippen LogP contribution >= 0.6 is 39.1 Å². The third-order valence-electron chi connectivity index (χ3n) is 3.00. The molecule has 0 radical (unpaired) electrons. The summed E-state index contributed by atoms with van der Waals surface area (Å²) < 4.78 is 2.79. The lowest BCUT2D eigenvalue weighted by molar-refractivity contribution is 0.519. The normalized spacial score (nSPS) is 12.7. The number of nitrogens with two attached hydrogens (primary N) is 1. The van der Waals surface area contributed by atoms with E-state index in [1.54, 1.807) is 12.3 Å². The Kier molecular flexibility index (Phi) is 5.46. The maximum Gasteiger partial charge on any atom is 0.0904 e. The van der Waals surface area contributed by atoms with Gasteiger partial charge in [-0.2, -0.15) is 5.10 Å². The Balaban J connectivity index is 2.52. The van der Waals surface area contributed by atoms with E-state index in [-0.39, 0.29) is 6.04 Å². The molecule has 0 fully saturated rings. The van der Waals surface area contributed by atoms with E-state index in [4.69, 9.17) is 29.0 Å². The predicted octanol–water partition coefficient (Wildman–Crippen LogP) is 3.92. The van der Waals surface area contributed by atoms with Gasteiger partial charge in [0.15, 0.2) is 0 Å². The number of hydrogen-bond acceptors (Lipinski definition) is 3. The van der Waals surface area contributed by atoms with Gasteiger partial charge in [-0.1, -0.05) is 42.3 Å². The molecule has 0 aliphatic heterocycles. The minimum Gasteiger partial charge on any atom is -0.271 e. The molecule has 3 N–H and O–H groups in total. The van der Waals surface area contributed by atoms with Crippen LogP contribution in [0.5, 0.6) is 0 Å². The molecule has 1 unspecified atom stereocenters. The first-order valence-electron chi connectivity index (χ1n) is 6.21. The Morgan fingerprint density at radius 2 is 2.20 bits per heavy atom. The SMILES string of the molecule is CCCn1ncc(Br)c1C(NN)c1cccc(Cl)c1Cl. The summed E-state index contributed by atoms with van der Waals surface area (Å²) in [4.78, 5) is 0. The van der Waals surface area contributed by atoms with E-state index in [0.29, 0.717) is 10.0 Å². The second kappa shape index (κ2) is 6.91. The number of hydrogen-bond donors (Lipinski definition) is 2. The monoisotopic (exact) mass is 376 g/mol. The summed E-state index contributed by atoms with van der Waals surface area (Å²) in [7, 11) is 0. The van der Waals surface area contributed by atoms with E-state index in [1.807, 2.05) is 16.8 Å². The number of benzene rings is 1. The molecule has 2 aromatic rings. The summed E-state index contributed by atoms with van der Waals surface area (Å²) in [5.41, 5.74) is 4.54. The number of halogens is 3. The van der Waals surface area contributed by atoms with Crippen molar-refractivity contribution in [1.29, 1.82) is 0 Å². The van der Waals surface area contributed by atoms with Gasteiger partial charge in [0.1, 0.15) is 0 Å². The quantitative estimate of drug-likeness (QED) is 0.613. The highest BCUT2D eigenvalue weighted by Gasteiger charge is 2.23. The second-order valence-corrected chi connectivity index (χ2v) is 5.98. The van der Waals surface area contributed by atoms with Gasteiger partial charge < -0.3 is 0 Å². The van der Waals surface area contributed by atoms with Crippen LogP contribution in [0.1, 0.15) is 30.6 Å². The maximum atomic E-state index is 6.29. The number of nitrogens with one attached hydrogen (secondary N) is 1. The topological polar surface area (TPSA) is 55.9 Å². The van der Waals surface area contributed by atoms with Crippen molar-refractivity contribution in [2.24, 2.45) is 5.84 Å². The third-order valence-corrected chi connectivity index (χ3v) is 4.45. The maximum absolute atomic E-state index is 6.29. The molecule has 0 aliphatic carbocycles. The zero-order valence-corrected chi connectivity index (χ0v) is 14.0. The smallest absolute Gasteiger partial charge is 0.0904 e. The number of aromatic nitrogens is 2. The highest BCUT2D eigenvalue weighted by Crippen LogP contribution is 2.35. The van der Waals surface area contributed by atoms with E-state index >= 15 is 0 Å². The van der Waals surface area contributed by atoms with E-state index in [2.05, 4.69) is 33.4 Å². The van der Waals surface area contributed by atoms with Gasteiger partial charge in [-0.25, -0.2) is 5.43 Å². The zero-order valence-electron chi connectivity index (χ0n) is 10.9. The van der Waals surface area contributed by atoms with Gasteiger partial charge in [0, 0.05) is 6.54 Å². The lowest BCUT2D eigenvalue weighted by atomic mass is 10.0. The molecule has 0 bridgehead atoms. The lowest BCUT2D eigenvalue weighted by Crippen LogP contribution is -2.31. The van der Waals surface area contributed by atoms with Crippen molar-refractivity contribution in [3.05, 3.63) is 50.2 Å². The first-order chi connectivity index (χ1) is 9.60. The molecule has 1 atom stereocenters. The first kappa shape index (κ1) is 15.8. The van der Waals surface area contributed by atoms with Gasteiger partial charge in [0.2, 0.25) is 0 Å². The van der Waals surface area contributed by atoms with Crippen LogP contribution in [0.25, 0.3) is 0 Å². The molecule has 2 rings (SSSR count). The van der Waals surface area contributed by atoms with Gasteiger partial charge in [-0.05, 0) is 34.0 Å². The van der Waals surface area contributed by atoms with Gasteiger partial charge in [-0.3, -0.25) is 10.5 Å². The first-order valence-corrected chi connectivity index (χ1v) is 7.76. The predicted molar refractivity (Wildman–Crippen MR) is 85.8 cm³/mol. The highest BCUT2D eigenvalue weighted by molar-refractivity contribution is 9.10. The Labute approximate surface area is 136 Å². The summed E-state index contributed by atoms with van der Waals surface area (Å²) in [5, 5.41) is 5.35.